The third-order valence-electron chi connectivity index (χ3n) is 4.66. The number of anilines is 2. The third kappa shape index (κ3) is 4.17. The highest BCUT2D eigenvalue weighted by Gasteiger charge is 2.25. The minimum atomic E-state index is -1.27. The minimum Gasteiger partial charge on any atom is -0.381 e. The molecule has 1 atom stereocenters. The molecule has 0 saturated heterocycles. The van der Waals surface area contributed by atoms with Crippen LogP contribution in [0.1, 0.15) is 30.0 Å². The topological polar surface area (TPSA) is 119 Å². The van der Waals surface area contributed by atoms with Crippen LogP contribution < -0.4 is 11.1 Å². The number of benzene rings is 1. The number of hydrogen-bond acceptors (Lipinski definition) is 6. The van der Waals surface area contributed by atoms with Gasteiger partial charge in [0.05, 0.1) is 12.7 Å². The maximum Gasteiger partial charge on any atom is 0.248 e. The Morgan fingerprint density at radius 2 is 2.18 bits per heavy atom. The second kappa shape index (κ2) is 7.40. The van der Waals surface area contributed by atoms with Crippen molar-refractivity contribution < 1.29 is 9.90 Å². The molecule has 4 N–H and O–H groups in total. The number of carbonyl (C=O) groups excluding carboxylic acids is 1. The van der Waals surface area contributed by atoms with Gasteiger partial charge in [-0.15, -0.1) is 0 Å². The Bertz CT molecular complexity index is 1010. The maximum atomic E-state index is 11.0. The maximum absolute atomic E-state index is 11.0. The van der Waals surface area contributed by atoms with Gasteiger partial charge in [0.2, 0.25) is 11.9 Å². The number of aryl methyl sites for hydroxylation is 1. The lowest BCUT2D eigenvalue weighted by molar-refractivity contribution is -0.126. The zero-order chi connectivity index (χ0) is 19.7. The van der Waals surface area contributed by atoms with Gasteiger partial charge in [-0.25, -0.2) is 9.97 Å². The van der Waals surface area contributed by atoms with Crippen LogP contribution in [0.4, 0.5) is 11.6 Å². The van der Waals surface area contributed by atoms with Gasteiger partial charge in [-0.2, -0.15) is 5.10 Å². The lowest BCUT2D eigenvalue weighted by Gasteiger charge is -2.09. The van der Waals surface area contributed by atoms with E-state index in [2.05, 4.69) is 20.4 Å². The van der Waals surface area contributed by atoms with Gasteiger partial charge in [0.25, 0.3) is 0 Å². The molecule has 1 aliphatic rings. The molecule has 28 heavy (non-hydrogen) atoms. The number of hydrogen-bond donors (Lipinski definition) is 3. The van der Waals surface area contributed by atoms with Crippen molar-refractivity contribution in [3.63, 3.8) is 0 Å². The zero-order valence-electron chi connectivity index (χ0n) is 15.5. The molecule has 1 unspecified atom stereocenters. The summed E-state index contributed by atoms with van der Waals surface area (Å²) in [5, 5.41) is 17.1. The summed E-state index contributed by atoms with van der Waals surface area (Å²) in [6, 6.07) is 8.03. The number of nitrogens with one attached hydrogen (secondary N) is 1. The molecule has 8 heteroatoms. The summed E-state index contributed by atoms with van der Waals surface area (Å²) in [6.45, 7) is 2.03. The standard InChI is InChI=1S/C20H22N6O2/c1-12-6-14(15-9-23-26(10-15)11-18(27)19(21)28)8-16(7-12)24-20-22-5-4-17(25-20)13-2-3-13/h4-10,13,18,27H,2-3,11H2,1H3,(H2,21,28)(H,22,24,25). The highest BCUT2D eigenvalue weighted by atomic mass is 16.3. The average molecular weight is 378 g/mol. The fraction of sp³-hybridized carbons (Fsp3) is 0.300. The van der Waals surface area contributed by atoms with Gasteiger partial charge in [0, 0.05) is 35.3 Å². The molecule has 1 aliphatic carbocycles. The number of amides is 1. The Morgan fingerprint density at radius 3 is 2.93 bits per heavy atom. The largest absolute Gasteiger partial charge is 0.381 e. The number of nitrogens with zero attached hydrogens (tertiary/aromatic N) is 4. The molecular weight excluding hydrogens is 356 g/mol. The summed E-state index contributed by atoms with van der Waals surface area (Å²) in [5.41, 5.74) is 9.97. The molecule has 2 heterocycles. The molecule has 2 aromatic heterocycles. The molecule has 0 radical (unpaired) electrons. The van der Waals surface area contributed by atoms with E-state index >= 15 is 0 Å². The van der Waals surface area contributed by atoms with Crippen LogP contribution in [-0.4, -0.2) is 36.9 Å². The van der Waals surface area contributed by atoms with Crippen molar-refractivity contribution in [2.24, 2.45) is 5.73 Å². The van der Waals surface area contributed by atoms with Gasteiger partial charge in [-0.1, -0.05) is 6.07 Å². The second-order valence-electron chi connectivity index (χ2n) is 7.16. The summed E-state index contributed by atoms with van der Waals surface area (Å²) in [5.74, 6) is 0.381. The number of aromatic nitrogens is 4. The number of primary amides is 1. The van der Waals surface area contributed by atoms with Crippen LogP contribution in [-0.2, 0) is 11.3 Å². The van der Waals surface area contributed by atoms with E-state index in [0.29, 0.717) is 11.9 Å². The van der Waals surface area contributed by atoms with E-state index in [1.807, 2.05) is 31.2 Å². The van der Waals surface area contributed by atoms with E-state index in [9.17, 15) is 9.90 Å². The van der Waals surface area contributed by atoms with E-state index in [-0.39, 0.29) is 6.54 Å². The van der Waals surface area contributed by atoms with Crippen molar-refractivity contribution in [2.75, 3.05) is 5.32 Å². The van der Waals surface area contributed by atoms with Crippen LogP contribution in [0.15, 0.2) is 42.9 Å². The van der Waals surface area contributed by atoms with Gasteiger partial charge in [0.15, 0.2) is 6.10 Å². The number of rotatable bonds is 7. The molecule has 1 saturated carbocycles. The molecule has 0 bridgehead atoms. The molecule has 1 amide bonds. The predicted octanol–water partition coefficient (Wildman–Crippen LogP) is 2.12. The fourth-order valence-corrected chi connectivity index (χ4v) is 3.07. The molecule has 8 nitrogen and oxygen atoms in total. The summed E-state index contributed by atoms with van der Waals surface area (Å²) >= 11 is 0. The third-order valence-corrected chi connectivity index (χ3v) is 4.66. The minimum absolute atomic E-state index is 0.0219. The first-order valence-corrected chi connectivity index (χ1v) is 9.20. The molecular formula is C20H22N6O2. The van der Waals surface area contributed by atoms with Crippen LogP contribution >= 0.6 is 0 Å². The normalized spacial score (nSPS) is 14.6. The number of carbonyl (C=O) groups is 1. The van der Waals surface area contributed by atoms with Crippen molar-refractivity contribution in [1.82, 2.24) is 19.7 Å². The van der Waals surface area contributed by atoms with Gasteiger partial charge in [-0.3, -0.25) is 9.48 Å². The first-order chi connectivity index (χ1) is 13.5. The van der Waals surface area contributed by atoms with Crippen molar-refractivity contribution in [3.8, 4) is 11.1 Å². The van der Waals surface area contributed by atoms with E-state index in [4.69, 9.17) is 5.73 Å². The first kappa shape index (κ1) is 18.1. The van der Waals surface area contributed by atoms with E-state index in [1.54, 1.807) is 18.6 Å². The quantitative estimate of drug-likeness (QED) is 0.579. The van der Waals surface area contributed by atoms with Crippen LogP contribution in [0.25, 0.3) is 11.1 Å². The molecule has 1 aromatic carbocycles. The number of nitrogens with two attached hydrogens (primary N) is 1. The first-order valence-electron chi connectivity index (χ1n) is 9.20. The Labute approximate surface area is 162 Å². The summed E-state index contributed by atoms with van der Waals surface area (Å²) in [6.07, 6.45) is 6.37. The highest BCUT2D eigenvalue weighted by molar-refractivity contribution is 5.78. The molecule has 1 fully saturated rings. The Morgan fingerprint density at radius 1 is 1.36 bits per heavy atom. The van der Waals surface area contributed by atoms with E-state index in [0.717, 1.165) is 28.1 Å². The monoisotopic (exact) mass is 378 g/mol. The van der Waals surface area contributed by atoms with Crippen LogP contribution in [0.5, 0.6) is 0 Å². The van der Waals surface area contributed by atoms with Crippen molar-refractivity contribution in [1.29, 1.82) is 0 Å². The van der Waals surface area contributed by atoms with Crippen LogP contribution in [0, 0.1) is 6.92 Å². The Hall–Kier alpha value is -3.26. The lowest BCUT2D eigenvalue weighted by Crippen LogP contribution is -2.32. The van der Waals surface area contributed by atoms with Crippen molar-refractivity contribution in [2.45, 2.75) is 38.3 Å². The van der Waals surface area contributed by atoms with Crippen molar-refractivity contribution in [3.05, 3.63) is 54.1 Å². The smallest absolute Gasteiger partial charge is 0.248 e. The predicted molar refractivity (Wildman–Crippen MR) is 105 cm³/mol. The summed E-state index contributed by atoms with van der Waals surface area (Å²) in [4.78, 5) is 19.9. The van der Waals surface area contributed by atoms with Gasteiger partial charge in [0.1, 0.15) is 0 Å². The average Bonchev–Trinajstić information content (AvgIpc) is 3.41. The molecule has 0 spiro atoms. The van der Waals surface area contributed by atoms with Crippen LogP contribution in [0.3, 0.4) is 0 Å². The SMILES string of the molecule is Cc1cc(Nc2nccc(C3CC3)n2)cc(-c2cnn(CC(O)C(N)=O)c2)c1. The second-order valence-corrected chi connectivity index (χ2v) is 7.16. The van der Waals surface area contributed by atoms with Gasteiger partial charge in [-0.05, 0) is 49.1 Å². The highest BCUT2D eigenvalue weighted by Crippen LogP contribution is 2.39. The molecule has 3 aromatic rings. The Kier molecular flexibility index (Phi) is 4.79. The van der Waals surface area contributed by atoms with Gasteiger partial charge >= 0.3 is 0 Å². The lowest BCUT2D eigenvalue weighted by atomic mass is 10.1. The van der Waals surface area contributed by atoms with E-state index in [1.165, 1.54) is 17.5 Å². The molecule has 4 rings (SSSR count). The van der Waals surface area contributed by atoms with E-state index < -0.39 is 12.0 Å². The molecule has 144 valence electrons. The fourth-order valence-electron chi connectivity index (χ4n) is 3.07. The number of aliphatic hydroxyl groups excluding tert-OH is 1. The van der Waals surface area contributed by atoms with Crippen molar-refractivity contribution >= 4 is 17.5 Å². The summed E-state index contributed by atoms with van der Waals surface area (Å²) in [7, 11) is 0. The summed E-state index contributed by atoms with van der Waals surface area (Å²) < 4.78 is 1.50. The Balaban J connectivity index is 1.55. The van der Waals surface area contributed by atoms with Gasteiger partial charge < -0.3 is 16.2 Å². The zero-order valence-corrected chi connectivity index (χ0v) is 15.5. The van der Waals surface area contributed by atoms with Crippen LogP contribution in [0.2, 0.25) is 0 Å². The number of aliphatic hydroxyl groups is 1. The molecule has 0 aliphatic heterocycles.